The second-order valence-corrected chi connectivity index (χ2v) is 4.29. The van der Waals surface area contributed by atoms with Crippen LogP contribution in [0.1, 0.15) is 31.4 Å². The van der Waals surface area contributed by atoms with Crippen LogP contribution in [0, 0.1) is 0 Å². The van der Waals surface area contributed by atoms with Crippen molar-refractivity contribution in [3.63, 3.8) is 0 Å². The molecule has 3 heteroatoms. The molecule has 86 valence electrons. The highest BCUT2D eigenvalue weighted by Crippen LogP contribution is 2.23. The van der Waals surface area contributed by atoms with Gasteiger partial charge in [-0.3, -0.25) is 4.79 Å². The maximum Gasteiger partial charge on any atom is 0.217 e. The molecule has 1 aliphatic heterocycles. The van der Waals surface area contributed by atoms with Crippen molar-refractivity contribution in [2.45, 2.75) is 31.8 Å². The first-order valence-electron chi connectivity index (χ1n) is 5.83. The van der Waals surface area contributed by atoms with Crippen LogP contribution in [0.4, 0.5) is 0 Å². The molecule has 0 aromatic heterocycles. The third-order valence-corrected chi connectivity index (χ3v) is 3.01. The van der Waals surface area contributed by atoms with E-state index in [1.165, 1.54) is 5.56 Å². The van der Waals surface area contributed by atoms with Gasteiger partial charge in [-0.1, -0.05) is 30.3 Å². The minimum atomic E-state index is 0.0506. The third-order valence-electron chi connectivity index (χ3n) is 3.01. The molecule has 16 heavy (non-hydrogen) atoms. The Labute approximate surface area is 96.2 Å². The second kappa shape index (κ2) is 5.12. The van der Waals surface area contributed by atoms with Gasteiger partial charge in [-0.05, 0) is 24.9 Å². The van der Waals surface area contributed by atoms with E-state index in [9.17, 15) is 4.79 Å². The topological polar surface area (TPSA) is 41.1 Å². The molecule has 2 unspecified atom stereocenters. The summed E-state index contributed by atoms with van der Waals surface area (Å²) in [5, 5.41) is 6.50. The zero-order chi connectivity index (χ0) is 11.4. The quantitative estimate of drug-likeness (QED) is 0.792. The van der Waals surface area contributed by atoms with Gasteiger partial charge in [0.2, 0.25) is 5.91 Å². The summed E-state index contributed by atoms with van der Waals surface area (Å²) in [5.41, 5.74) is 1.25. The summed E-state index contributed by atoms with van der Waals surface area (Å²) >= 11 is 0. The molecule has 0 saturated carbocycles. The van der Waals surface area contributed by atoms with E-state index in [4.69, 9.17) is 0 Å². The monoisotopic (exact) mass is 218 g/mol. The van der Waals surface area contributed by atoms with Crippen molar-refractivity contribution in [1.29, 1.82) is 0 Å². The number of piperidine rings is 1. The predicted octanol–water partition coefficient (Wildman–Crippen LogP) is 1.62. The first kappa shape index (κ1) is 11.1. The van der Waals surface area contributed by atoms with Gasteiger partial charge in [0.1, 0.15) is 0 Å². The Balaban J connectivity index is 2.13. The molecule has 1 fully saturated rings. The molecule has 2 atom stereocenters. The van der Waals surface area contributed by atoms with E-state index in [1.54, 1.807) is 6.92 Å². The fraction of sp³-hybridized carbons (Fsp3) is 0.462. The van der Waals surface area contributed by atoms with Gasteiger partial charge >= 0.3 is 0 Å². The van der Waals surface area contributed by atoms with Crippen molar-refractivity contribution in [2.24, 2.45) is 0 Å². The van der Waals surface area contributed by atoms with Crippen LogP contribution in [-0.2, 0) is 4.79 Å². The van der Waals surface area contributed by atoms with Gasteiger partial charge in [0.25, 0.3) is 0 Å². The number of amides is 1. The first-order chi connectivity index (χ1) is 7.77. The highest BCUT2D eigenvalue weighted by atomic mass is 16.1. The Hall–Kier alpha value is -1.35. The summed E-state index contributed by atoms with van der Waals surface area (Å²) in [6.45, 7) is 2.60. The second-order valence-electron chi connectivity index (χ2n) is 4.29. The van der Waals surface area contributed by atoms with Gasteiger partial charge in [0.15, 0.2) is 0 Å². The lowest BCUT2D eigenvalue weighted by atomic mass is 9.92. The molecule has 3 nitrogen and oxygen atoms in total. The number of rotatable bonds is 2. The van der Waals surface area contributed by atoms with Gasteiger partial charge in [-0.15, -0.1) is 0 Å². The zero-order valence-corrected chi connectivity index (χ0v) is 9.57. The average Bonchev–Trinajstić information content (AvgIpc) is 2.30. The average molecular weight is 218 g/mol. The summed E-state index contributed by atoms with van der Waals surface area (Å²) < 4.78 is 0. The van der Waals surface area contributed by atoms with E-state index in [0.29, 0.717) is 0 Å². The minimum absolute atomic E-state index is 0.0506. The van der Waals surface area contributed by atoms with Crippen LogP contribution >= 0.6 is 0 Å². The van der Waals surface area contributed by atoms with Crippen molar-refractivity contribution in [3.8, 4) is 0 Å². The van der Waals surface area contributed by atoms with Crippen LogP contribution in [0.3, 0.4) is 0 Å². The Bertz CT molecular complexity index is 350. The third kappa shape index (κ3) is 2.61. The molecule has 1 aliphatic rings. The molecule has 1 aromatic rings. The molecule has 1 amide bonds. The normalized spacial score (nSPS) is 25.1. The lowest BCUT2D eigenvalue weighted by molar-refractivity contribution is -0.120. The molecule has 2 rings (SSSR count). The van der Waals surface area contributed by atoms with E-state index in [1.807, 2.05) is 18.2 Å². The minimum Gasteiger partial charge on any atom is -0.352 e. The van der Waals surface area contributed by atoms with E-state index in [2.05, 4.69) is 22.8 Å². The largest absolute Gasteiger partial charge is 0.352 e. The van der Waals surface area contributed by atoms with Crippen molar-refractivity contribution in [3.05, 3.63) is 35.9 Å². The van der Waals surface area contributed by atoms with Gasteiger partial charge in [-0.25, -0.2) is 0 Å². The molecule has 0 spiro atoms. The Morgan fingerprint density at radius 2 is 2.12 bits per heavy atom. The van der Waals surface area contributed by atoms with Gasteiger partial charge in [-0.2, -0.15) is 0 Å². The number of benzene rings is 1. The van der Waals surface area contributed by atoms with Crippen LogP contribution in [0.2, 0.25) is 0 Å². The maximum atomic E-state index is 11.1. The lowest BCUT2D eigenvalue weighted by Crippen LogP contribution is -2.47. The number of hydrogen-bond donors (Lipinski definition) is 2. The highest BCUT2D eigenvalue weighted by Gasteiger charge is 2.26. The summed E-state index contributed by atoms with van der Waals surface area (Å²) in [7, 11) is 0. The van der Waals surface area contributed by atoms with Crippen LogP contribution in [0.15, 0.2) is 30.3 Å². The SMILES string of the molecule is CC(=O)NC1CCCNC1c1ccccc1. The molecule has 0 radical (unpaired) electrons. The van der Waals surface area contributed by atoms with Crippen molar-refractivity contribution < 1.29 is 4.79 Å². The molecule has 2 N–H and O–H groups in total. The highest BCUT2D eigenvalue weighted by molar-refractivity contribution is 5.73. The summed E-state index contributed by atoms with van der Waals surface area (Å²) in [6.07, 6.45) is 2.17. The van der Waals surface area contributed by atoms with Crippen molar-refractivity contribution >= 4 is 5.91 Å². The molecule has 1 aromatic carbocycles. The van der Waals surface area contributed by atoms with E-state index >= 15 is 0 Å². The Morgan fingerprint density at radius 3 is 2.81 bits per heavy atom. The van der Waals surface area contributed by atoms with Crippen molar-refractivity contribution in [2.75, 3.05) is 6.54 Å². The van der Waals surface area contributed by atoms with Crippen LogP contribution in [-0.4, -0.2) is 18.5 Å². The molecule has 1 saturated heterocycles. The summed E-state index contributed by atoms with van der Waals surface area (Å²) in [4.78, 5) is 11.1. The maximum absolute atomic E-state index is 11.1. The molecule has 0 bridgehead atoms. The Morgan fingerprint density at radius 1 is 1.38 bits per heavy atom. The number of nitrogens with one attached hydrogen (secondary N) is 2. The fourth-order valence-corrected chi connectivity index (χ4v) is 2.32. The first-order valence-corrected chi connectivity index (χ1v) is 5.83. The van der Waals surface area contributed by atoms with E-state index in [0.717, 1.165) is 19.4 Å². The molecule has 0 aliphatic carbocycles. The number of carbonyl (C=O) groups excluding carboxylic acids is 1. The fourth-order valence-electron chi connectivity index (χ4n) is 2.32. The smallest absolute Gasteiger partial charge is 0.217 e. The predicted molar refractivity (Wildman–Crippen MR) is 64.0 cm³/mol. The van der Waals surface area contributed by atoms with Gasteiger partial charge in [0, 0.05) is 13.0 Å². The van der Waals surface area contributed by atoms with E-state index < -0.39 is 0 Å². The molecule has 1 heterocycles. The number of hydrogen-bond acceptors (Lipinski definition) is 2. The standard InChI is InChI=1S/C13H18N2O/c1-10(16)15-12-8-5-9-14-13(12)11-6-3-2-4-7-11/h2-4,6-7,12-14H,5,8-9H2,1H3,(H,15,16). The summed E-state index contributed by atoms with van der Waals surface area (Å²) in [6, 6.07) is 10.8. The van der Waals surface area contributed by atoms with Crippen LogP contribution < -0.4 is 10.6 Å². The zero-order valence-electron chi connectivity index (χ0n) is 9.57. The molecular weight excluding hydrogens is 200 g/mol. The summed E-state index contributed by atoms with van der Waals surface area (Å²) in [5.74, 6) is 0.0506. The van der Waals surface area contributed by atoms with Crippen LogP contribution in [0.5, 0.6) is 0 Å². The molecular formula is C13H18N2O. The van der Waals surface area contributed by atoms with Crippen LogP contribution in [0.25, 0.3) is 0 Å². The van der Waals surface area contributed by atoms with Gasteiger partial charge < -0.3 is 10.6 Å². The lowest BCUT2D eigenvalue weighted by Gasteiger charge is -2.33. The number of carbonyl (C=O) groups is 1. The van der Waals surface area contributed by atoms with Gasteiger partial charge in [0.05, 0.1) is 6.04 Å². The van der Waals surface area contributed by atoms with Crippen molar-refractivity contribution in [1.82, 2.24) is 10.6 Å². The Kier molecular flexibility index (Phi) is 3.57. The van der Waals surface area contributed by atoms with E-state index in [-0.39, 0.29) is 18.0 Å².